The Morgan fingerprint density at radius 1 is 0.690 bits per heavy atom. The van der Waals surface area contributed by atoms with Crippen molar-refractivity contribution in [2.75, 3.05) is 5.32 Å². The van der Waals surface area contributed by atoms with Gasteiger partial charge in [0.25, 0.3) is 0 Å². The van der Waals surface area contributed by atoms with Crippen molar-refractivity contribution in [2.24, 2.45) is 0 Å². The largest absolute Gasteiger partial charge is 0.505 e. The van der Waals surface area contributed by atoms with Crippen LogP contribution in [0, 0.1) is 0 Å². The maximum atomic E-state index is 11.1. The van der Waals surface area contributed by atoms with E-state index in [0.717, 1.165) is 27.6 Å². The third-order valence-corrected chi connectivity index (χ3v) is 5.31. The minimum Gasteiger partial charge on any atom is -0.505 e. The quantitative estimate of drug-likeness (QED) is 0.387. The minimum atomic E-state index is -0.214. The molecule has 1 heterocycles. The Kier molecular flexibility index (Phi) is 4.34. The van der Waals surface area contributed by atoms with E-state index >= 15 is 0 Å². The normalized spacial score (nSPS) is 12.1. The number of aromatic nitrogens is 1. The van der Waals surface area contributed by atoms with Crippen molar-refractivity contribution < 1.29 is 5.11 Å². The van der Waals surface area contributed by atoms with E-state index in [0.29, 0.717) is 5.52 Å². The second kappa shape index (κ2) is 7.28. The second-order valence-corrected chi connectivity index (χ2v) is 7.09. The number of hydrogen-bond acceptors (Lipinski definition) is 3. The number of phenols is 1. The number of phenolic OH excluding ortho intramolecular Hbond substituents is 1. The molecule has 5 aromatic rings. The number of nitrogens with one attached hydrogen (secondary N) is 1. The van der Waals surface area contributed by atoms with E-state index in [1.54, 1.807) is 6.20 Å². The van der Waals surface area contributed by atoms with Gasteiger partial charge in [-0.2, -0.15) is 0 Å². The summed E-state index contributed by atoms with van der Waals surface area (Å²) in [5.74, 6) is 0.213. The highest BCUT2D eigenvalue weighted by molar-refractivity contribution is 5.94. The standard InChI is InChI=1S/C26H20N2O/c29-26-22(16-15-20-12-7-17-27-25(20)26)24(19-9-2-1-3-10-19)28-23-14-6-11-18-8-4-5-13-21(18)23/h1-17,24,28-29H/t24-/m1/s1. The van der Waals surface area contributed by atoms with Crippen LogP contribution < -0.4 is 5.32 Å². The summed E-state index contributed by atoms with van der Waals surface area (Å²) in [7, 11) is 0. The SMILES string of the molecule is Oc1c([C@H](Nc2cccc3ccccc23)c2ccccc2)ccc2cccnc12. The van der Waals surface area contributed by atoms with Crippen molar-refractivity contribution in [3.63, 3.8) is 0 Å². The molecule has 1 atom stereocenters. The Hall–Kier alpha value is -3.85. The first kappa shape index (κ1) is 17.3. The molecule has 1 aromatic heterocycles. The van der Waals surface area contributed by atoms with Crippen LogP contribution in [-0.4, -0.2) is 10.1 Å². The highest BCUT2D eigenvalue weighted by Gasteiger charge is 2.20. The summed E-state index contributed by atoms with van der Waals surface area (Å²) in [5, 5.41) is 18.0. The van der Waals surface area contributed by atoms with Gasteiger partial charge in [-0.05, 0) is 23.1 Å². The highest BCUT2D eigenvalue weighted by atomic mass is 16.3. The smallest absolute Gasteiger partial charge is 0.147 e. The van der Waals surface area contributed by atoms with Crippen LogP contribution >= 0.6 is 0 Å². The Labute approximate surface area is 169 Å². The number of fused-ring (bicyclic) bond motifs is 2. The van der Waals surface area contributed by atoms with Crippen molar-refractivity contribution in [3.05, 3.63) is 114 Å². The zero-order chi connectivity index (χ0) is 19.6. The van der Waals surface area contributed by atoms with Gasteiger partial charge in [0, 0.05) is 28.2 Å². The van der Waals surface area contributed by atoms with Crippen LogP contribution in [-0.2, 0) is 0 Å². The number of benzene rings is 4. The molecule has 5 rings (SSSR count). The molecule has 0 spiro atoms. The van der Waals surface area contributed by atoms with Gasteiger partial charge < -0.3 is 10.4 Å². The van der Waals surface area contributed by atoms with E-state index < -0.39 is 0 Å². The van der Waals surface area contributed by atoms with Gasteiger partial charge in [0.15, 0.2) is 0 Å². The Morgan fingerprint density at radius 2 is 1.45 bits per heavy atom. The first-order valence-electron chi connectivity index (χ1n) is 9.67. The van der Waals surface area contributed by atoms with Gasteiger partial charge in [0.05, 0.1) is 6.04 Å². The van der Waals surface area contributed by atoms with Crippen LogP contribution in [0.2, 0.25) is 0 Å². The van der Waals surface area contributed by atoms with Crippen molar-refractivity contribution in [2.45, 2.75) is 6.04 Å². The summed E-state index contributed by atoms with van der Waals surface area (Å²) in [5.41, 5.74) is 3.52. The lowest BCUT2D eigenvalue weighted by molar-refractivity contribution is 0.472. The number of rotatable bonds is 4. The Morgan fingerprint density at radius 3 is 2.34 bits per heavy atom. The summed E-state index contributed by atoms with van der Waals surface area (Å²) in [4.78, 5) is 4.40. The second-order valence-electron chi connectivity index (χ2n) is 7.09. The average Bonchev–Trinajstić information content (AvgIpc) is 2.79. The summed E-state index contributed by atoms with van der Waals surface area (Å²) >= 11 is 0. The van der Waals surface area contributed by atoms with E-state index in [1.807, 2.05) is 54.6 Å². The molecule has 29 heavy (non-hydrogen) atoms. The molecule has 0 unspecified atom stereocenters. The third-order valence-electron chi connectivity index (χ3n) is 5.31. The maximum absolute atomic E-state index is 11.1. The van der Waals surface area contributed by atoms with E-state index in [2.05, 4.69) is 52.8 Å². The molecule has 0 bridgehead atoms. The number of pyridine rings is 1. The topological polar surface area (TPSA) is 45.1 Å². The van der Waals surface area contributed by atoms with Crippen molar-refractivity contribution >= 4 is 27.4 Å². The lowest BCUT2D eigenvalue weighted by Gasteiger charge is -2.23. The fraction of sp³-hybridized carbons (Fsp3) is 0.0385. The average molecular weight is 376 g/mol. The number of anilines is 1. The van der Waals surface area contributed by atoms with Crippen LogP contribution in [0.25, 0.3) is 21.7 Å². The Bertz CT molecular complexity index is 1290. The number of hydrogen-bond donors (Lipinski definition) is 2. The molecule has 4 aromatic carbocycles. The summed E-state index contributed by atoms with van der Waals surface area (Å²) < 4.78 is 0. The fourth-order valence-electron chi connectivity index (χ4n) is 3.87. The molecule has 0 aliphatic rings. The molecule has 0 saturated heterocycles. The van der Waals surface area contributed by atoms with Gasteiger partial charge in [-0.25, -0.2) is 0 Å². The molecule has 0 saturated carbocycles. The molecule has 140 valence electrons. The molecule has 0 fully saturated rings. The molecule has 0 radical (unpaired) electrons. The Balaban J connectivity index is 1.68. The van der Waals surface area contributed by atoms with Gasteiger partial charge in [-0.1, -0.05) is 84.9 Å². The van der Waals surface area contributed by atoms with Gasteiger partial charge in [-0.15, -0.1) is 0 Å². The zero-order valence-electron chi connectivity index (χ0n) is 15.8. The third kappa shape index (κ3) is 3.17. The first-order chi connectivity index (χ1) is 14.3. The molecule has 0 amide bonds. The maximum Gasteiger partial charge on any atom is 0.147 e. The lowest BCUT2D eigenvalue weighted by atomic mass is 9.95. The fourth-order valence-corrected chi connectivity index (χ4v) is 3.87. The molecular formula is C26H20N2O. The monoisotopic (exact) mass is 376 g/mol. The predicted molar refractivity (Wildman–Crippen MR) is 119 cm³/mol. The van der Waals surface area contributed by atoms with E-state index in [1.165, 1.54) is 5.39 Å². The summed E-state index contributed by atoms with van der Waals surface area (Å²) in [6.45, 7) is 0. The molecule has 3 nitrogen and oxygen atoms in total. The van der Waals surface area contributed by atoms with Gasteiger partial charge in [-0.3, -0.25) is 4.98 Å². The van der Waals surface area contributed by atoms with Crippen LogP contribution in [0.1, 0.15) is 17.2 Å². The van der Waals surface area contributed by atoms with Crippen molar-refractivity contribution in [1.82, 2.24) is 4.98 Å². The molecule has 2 N–H and O–H groups in total. The predicted octanol–water partition coefficient (Wildman–Crippen LogP) is 6.30. The molecule has 0 aliphatic carbocycles. The zero-order valence-corrected chi connectivity index (χ0v) is 15.8. The number of aromatic hydroxyl groups is 1. The van der Waals surface area contributed by atoms with Crippen LogP contribution in [0.4, 0.5) is 5.69 Å². The van der Waals surface area contributed by atoms with E-state index in [9.17, 15) is 5.11 Å². The van der Waals surface area contributed by atoms with Crippen molar-refractivity contribution in [1.29, 1.82) is 0 Å². The lowest BCUT2D eigenvalue weighted by Crippen LogP contribution is -2.13. The molecule has 3 heteroatoms. The van der Waals surface area contributed by atoms with Crippen molar-refractivity contribution in [3.8, 4) is 5.75 Å². The van der Waals surface area contributed by atoms with Crippen LogP contribution in [0.15, 0.2) is 103 Å². The number of nitrogens with zero attached hydrogens (tertiary/aromatic N) is 1. The molecular weight excluding hydrogens is 356 g/mol. The van der Waals surface area contributed by atoms with Gasteiger partial charge in [0.2, 0.25) is 0 Å². The van der Waals surface area contributed by atoms with E-state index in [-0.39, 0.29) is 11.8 Å². The highest BCUT2D eigenvalue weighted by Crippen LogP contribution is 2.37. The minimum absolute atomic E-state index is 0.213. The summed E-state index contributed by atoms with van der Waals surface area (Å²) in [6, 6.07) is 32.3. The van der Waals surface area contributed by atoms with Gasteiger partial charge >= 0.3 is 0 Å². The summed E-state index contributed by atoms with van der Waals surface area (Å²) in [6.07, 6.45) is 1.71. The van der Waals surface area contributed by atoms with Crippen LogP contribution in [0.5, 0.6) is 5.75 Å². The first-order valence-corrected chi connectivity index (χ1v) is 9.67. The van der Waals surface area contributed by atoms with Gasteiger partial charge in [0.1, 0.15) is 11.3 Å². The molecule has 0 aliphatic heterocycles. The van der Waals surface area contributed by atoms with Crippen LogP contribution in [0.3, 0.4) is 0 Å². The van der Waals surface area contributed by atoms with E-state index in [4.69, 9.17) is 0 Å².